The monoisotopic (exact) mass is 483 g/mol. The molecule has 1 aliphatic rings. The van der Waals surface area contributed by atoms with E-state index in [4.69, 9.17) is 27.6 Å². The Kier molecular flexibility index (Phi) is 6.58. The van der Waals surface area contributed by atoms with Gasteiger partial charge in [0.1, 0.15) is 5.76 Å². The number of nitrogens with one attached hydrogen (secondary N) is 2. The second-order valence-electron chi connectivity index (χ2n) is 8.03. The van der Waals surface area contributed by atoms with Crippen LogP contribution in [0.2, 0.25) is 10.0 Å². The van der Waals surface area contributed by atoms with Crippen molar-refractivity contribution >= 4 is 46.4 Å². The second kappa shape index (κ2) is 9.41. The van der Waals surface area contributed by atoms with Crippen LogP contribution in [0.25, 0.3) is 0 Å². The van der Waals surface area contributed by atoms with E-state index < -0.39 is 5.91 Å². The summed E-state index contributed by atoms with van der Waals surface area (Å²) in [6.07, 6.45) is 2.15. The highest BCUT2D eigenvalue weighted by Crippen LogP contribution is 2.31. The van der Waals surface area contributed by atoms with Crippen LogP contribution in [-0.2, 0) is 6.42 Å². The van der Waals surface area contributed by atoms with Gasteiger partial charge in [0.05, 0.1) is 16.3 Å². The van der Waals surface area contributed by atoms with Crippen LogP contribution in [0, 0.1) is 20.8 Å². The molecule has 1 heterocycles. The summed E-state index contributed by atoms with van der Waals surface area (Å²) in [5.41, 5.74) is 7.83. The maximum atomic E-state index is 13.0. The smallest absolute Gasteiger partial charge is 0.291 e. The average Bonchev–Trinajstić information content (AvgIpc) is 3.12. The fourth-order valence-electron chi connectivity index (χ4n) is 3.91. The van der Waals surface area contributed by atoms with E-state index in [0.717, 1.165) is 28.8 Å². The Hall–Kier alpha value is -3.09. The number of rotatable bonds is 4. The van der Waals surface area contributed by atoms with Crippen LogP contribution in [-0.4, -0.2) is 17.5 Å². The Morgan fingerprint density at radius 3 is 2.55 bits per heavy atom. The van der Waals surface area contributed by atoms with Crippen molar-refractivity contribution < 1.29 is 14.0 Å². The third-order valence-corrected chi connectivity index (χ3v) is 6.40. The normalized spacial score (nSPS) is 14.2. The topological polar surface area (TPSA) is 83.7 Å². The number of hydrazone groups is 1. The highest BCUT2D eigenvalue weighted by molar-refractivity contribution is 6.36. The van der Waals surface area contributed by atoms with E-state index in [2.05, 4.69) is 15.8 Å². The van der Waals surface area contributed by atoms with Crippen LogP contribution in [0.15, 0.2) is 45.9 Å². The van der Waals surface area contributed by atoms with Gasteiger partial charge in [0.15, 0.2) is 5.76 Å². The molecule has 2 aromatic carbocycles. The van der Waals surface area contributed by atoms with Gasteiger partial charge in [0.25, 0.3) is 11.8 Å². The molecule has 0 atom stereocenters. The van der Waals surface area contributed by atoms with Gasteiger partial charge < -0.3 is 9.73 Å². The molecule has 0 radical (unpaired) electrons. The van der Waals surface area contributed by atoms with Crippen molar-refractivity contribution in [3.05, 3.63) is 85.8 Å². The molecule has 170 valence electrons. The quantitative estimate of drug-likeness (QED) is 0.431. The van der Waals surface area contributed by atoms with Crippen LogP contribution in [0.5, 0.6) is 0 Å². The lowest BCUT2D eigenvalue weighted by Gasteiger charge is -2.13. The molecule has 1 aliphatic carbocycles. The summed E-state index contributed by atoms with van der Waals surface area (Å²) in [7, 11) is 0. The molecule has 2 N–H and O–H groups in total. The zero-order valence-corrected chi connectivity index (χ0v) is 20.0. The minimum atomic E-state index is -0.440. The number of benzene rings is 2. The van der Waals surface area contributed by atoms with Crippen LogP contribution in [0.3, 0.4) is 0 Å². The van der Waals surface area contributed by atoms with E-state index in [-0.39, 0.29) is 22.3 Å². The molecule has 0 unspecified atom stereocenters. The van der Waals surface area contributed by atoms with Crippen molar-refractivity contribution in [2.45, 2.75) is 40.0 Å². The summed E-state index contributed by atoms with van der Waals surface area (Å²) in [6.45, 7) is 5.79. The molecule has 33 heavy (non-hydrogen) atoms. The number of amides is 2. The molecule has 6 nitrogen and oxygen atoms in total. The number of carbonyl (C=O) groups is 2. The third-order valence-electron chi connectivity index (χ3n) is 5.85. The maximum Gasteiger partial charge on any atom is 0.291 e. The number of hydrogen-bond donors (Lipinski definition) is 2. The molecule has 2 amide bonds. The van der Waals surface area contributed by atoms with Crippen molar-refractivity contribution in [2.75, 3.05) is 5.32 Å². The number of aryl methyl sites for hydroxylation is 2. The number of carbonyl (C=O) groups excluding carboxylic acids is 2. The average molecular weight is 484 g/mol. The Morgan fingerprint density at radius 1 is 1.00 bits per heavy atom. The molecule has 0 saturated heterocycles. The molecule has 0 spiro atoms. The Labute approximate surface area is 202 Å². The van der Waals surface area contributed by atoms with E-state index in [1.807, 2.05) is 39.0 Å². The van der Waals surface area contributed by atoms with E-state index in [9.17, 15) is 9.59 Å². The van der Waals surface area contributed by atoms with Gasteiger partial charge >= 0.3 is 0 Å². The summed E-state index contributed by atoms with van der Waals surface area (Å²) in [6, 6.07) is 10.4. The van der Waals surface area contributed by atoms with Gasteiger partial charge in [-0.1, -0.05) is 35.3 Å². The fourth-order valence-corrected chi connectivity index (χ4v) is 4.41. The Morgan fingerprint density at radius 2 is 1.79 bits per heavy atom. The number of hydrogen-bond acceptors (Lipinski definition) is 4. The van der Waals surface area contributed by atoms with E-state index in [1.54, 1.807) is 12.1 Å². The fraction of sp³-hybridized carbons (Fsp3) is 0.240. The first kappa shape index (κ1) is 23.1. The molecular weight excluding hydrogens is 461 g/mol. The van der Waals surface area contributed by atoms with E-state index in [0.29, 0.717) is 34.9 Å². The van der Waals surface area contributed by atoms with E-state index in [1.165, 1.54) is 6.07 Å². The highest BCUT2D eigenvalue weighted by atomic mass is 35.5. The zero-order valence-electron chi connectivity index (χ0n) is 18.5. The molecule has 0 fully saturated rings. The van der Waals surface area contributed by atoms with Gasteiger partial charge in [-0.05, 0) is 69.0 Å². The van der Waals surface area contributed by atoms with Gasteiger partial charge in [-0.2, -0.15) is 5.10 Å². The first-order chi connectivity index (χ1) is 15.8. The summed E-state index contributed by atoms with van der Waals surface area (Å²) in [4.78, 5) is 25.6. The van der Waals surface area contributed by atoms with Gasteiger partial charge in [-0.25, -0.2) is 5.43 Å². The first-order valence-electron chi connectivity index (χ1n) is 10.6. The van der Waals surface area contributed by atoms with Gasteiger partial charge in [0.2, 0.25) is 0 Å². The van der Waals surface area contributed by atoms with Crippen molar-refractivity contribution in [3.8, 4) is 0 Å². The molecule has 1 aromatic heterocycles. The number of anilines is 1. The van der Waals surface area contributed by atoms with Crippen LogP contribution in [0.1, 0.15) is 61.8 Å². The lowest BCUT2D eigenvalue weighted by molar-refractivity contribution is 0.0953. The minimum Gasteiger partial charge on any atom is -0.455 e. The van der Waals surface area contributed by atoms with Crippen molar-refractivity contribution in [1.29, 1.82) is 0 Å². The molecular formula is C25H23Cl2N3O3. The number of furan rings is 1. The second-order valence-corrected chi connectivity index (χ2v) is 8.88. The summed E-state index contributed by atoms with van der Waals surface area (Å²) >= 11 is 12.0. The van der Waals surface area contributed by atoms with Gasteiger partial charge in [-0.3, -0.25) is 9.59 Å². The first-order valence-corrected chi connectivity index (χ1v) is 11.3. The highest BCUT2D eigenvalue weighted by Gasteiger charge is 2.28. The molecule has 3 aromatic rings. The van der Waals surface area contributed by atoms with Crippen molar-refractivity contribution in [2.24, 2.45) is 5.10 Å². The largest absolute Gasteiger partial charge is 0.455 e. The molecule has 4 rings (SSSR count). The number of fused-ring (bicyclic) bond motifs is 1. The van der Waals surface area contributed by atoms with Crippen molar-refractivity contribution in [1.82, 2.24) is 5.43 Å². The summed E-state index contributed by atoms with van der Waals surface area (Å²) in [5.74, 6) is 0.197. The predicted molar refractivity (Wildman–Crippen MR) is 131 cm³/mol. The van der Waals surface area contributed by atoms with Crippen molar-refractivity contribution in [3.63, 3.8) is 0 Å². The molecule has 0 aliphatic heterocycles. The zero-order chi connectivity index (χ0) is 23.7. The summed E-state index contributed by atoms with van der Waals surface area (Å²) < 4.78 is 5.95. The van der Waals surface area contributed by atoms with Gasteiger partial charge in [0, 0.05) is 28.3 Å². The van der Waals surface area contributed by atoms with Crippen LogP contribution in [0.4, 0.5) is 5.69 Å². The van der Waals surface area contributed by atoms with Crippen LogP contribution < -0.4 is 10.7 Å². The lowest BCUT2D eigenvalue weighted by atomic mass is 9.93. The predicted octanol–water partition coefficient (Wildman–Crippen LogP) is 6.23. The van der Waals surface area contributed by atoms with E-state index >= 15 is 0 Å². The van der Waals surface area contributed by atoms with Gasteiger partial charge in [-0.15, -0.1) is 0 Å². The minimum absolute atomic E-state index is 0.245. The SMILES string of the molecule is Cc1cccc(NC(=O)c2oc3c(c2C)/C(=N/NC(=O)c2ccc(Cl)cc2Cl)CCC3)c1C. The Balaban J connectivity index is 1.59. The Bertz CT molecular complexity index is 1290. The number of halogens is 2. The summed E-state index contributed by atoms with van der Waals surface area (Å²) in [5, 5.41) is 7.98. The third kappa shape index (κ3) is 4.68. The van der Waals surface area contributed by atoms with Crippen LogP contribution >= 0.6 is 23.2 Å². The molecule has 8 heteroatoms. The number of nitrogens with zero attached hydrogens (tertiary/aromatic N) is 1. The molecule has 0 bridgehead atoms. The standard InChI is InChI=1S/C25H23Cl2N3O3/c1-13-6-4-7-19(14(13)2)28-25(32)23-15(3)22-20(8-5-9-21(22)33-23)29-30-24(31)17-11-10-16(26)12-18(17)27/h4,6-7,10-12H,5,8-9H2,1-3H3,(H,28,32)(H,30,31)/b29-20+. The molecule has 0 saturated carbocycles. The lowest BCUT2D eigenvalue weighted by Crippen LogP contribution is -2.22. The maximum absolute atomic E-state index is 13.0.